The van der Waals surface area contributed by atoms with E-state index < -0.39 is 35.9 Å². The van der Waals surface area contributed by atoms with Gasteiger partial charge in [0.2, 0.25) is 5.91 Å². The summed E-state index contributed by atoms with van der Waals surface area (Å²) in [4.78, 5) is 22.2. The molecule has 0 radical (unpaired) electrons. The first-order valence-corrected chi connectivity index (χ1v) is 5.40. The molecule has 0 saturated carbocycles. The molecule has 0 heterocycles. The first kappa shape index (κ1) is 14.8. The van der Waals surface area contributed by atoms with Crippen molar-refractivity contribution in [3.63, 3.8) is 0 Å². The lowest BCUT2D eigenvalue weighted by Gasteiger charge is -2.08. The second-order valence-electron chi connectivity index (χ2n) is 3.48. The Morgan fingerprint density at radius 3 is 2.47 bits per heavy atom. The highest BCUT2D eigenvalue weighted by atomic mass is 19.2. The number of imide groups is 1. The number of urea groups is 1. The van der Waals surface area contributed by atoms with Gasteiger partial charge in [-0.15, -0.1) is 0 Å². The van der Waals surface area contributed by atoms with Gasteiger partial charge in [-0.3, -0.25) is 10.1 Å². The third kappa shape index (κ3) is 4.16. The van der Waals surface area contributed by atoms with Crippen molar-refractivity contribution >= 4 is 17.6 Å². The van der Waals surface area contributed by atoms with Gasteiger partial charge in [0.25, 0.3) is 0 Å². The van der Waals surface area contributed by atoms with Crippen molar-refractivity contribution in [2.45, 2.75) is 6.92 Å². The van der Waals surface area contributed by atoms with Gasteiger partial charge in [-0.1, -0.05) is 0 Å². The van der Waals surface area contributed by atoms with Crippen molar-refractivity contribution in [3.8, 4) is 0 Å². The van der Waals surface area contributed by atoms with Crippen molar-refractivity contribution in [1.29, 1.82) is 0 Å². The highest BCUT2D eigenvalue weighted by Crippen LogP contribution is 2.19. The van der Waals surface area contributed by atoms with E-state index in [2.05, 4.69) is 10.6 Å². The van der Waals surface area contributed by atoms with Crippen molar-refractivity contribution < 1.29 is 22.8 Å². The van der Waals surface area contributed by atoms with E-state index >= 15 is 0 Å². The number of benzene rings is 1. The summed E-state index contributed by atoms with van der Waals surface area (Å²) in [5, 5.41) is 6.53. The minimum atomic E-state index is -1.63. The lowest BCUT2D eigenvalue weighted by molar-refractivity contribution is -0.118. The van der Waals surface area contributed by atoms with Gasteiger partial charge in [-0.05, 0) is 19.1 Å². The number of halogens is 3. The quantitative estimate of drug-likeness (QED) is 0.727. The molecule has 0 bridgehead atoms. The fourth-order valence-electron chi connectivity index (χ4n) is 1.21. The van der Waals surface area contributed by atoms with E-state index in [-0.39, 0.29) is 5.69 Å². The number of anilines is 1. The smallest absolute Gasteiger partial charge is 0.321 e. The Kier molecular flexibility index (Phi) is 5.16. The average Bonchev–Trinajstić information content (AvgIpc) is 2.35. The van der Waals surface area contributed by atoms with Gasteiger partial charge in [-0.2, -0.15) is 0 Å². The van der Waals surface area contributed by atoms with E-state index in [0.717, 1.165) is 12.1 Å². The van der Waals surface area contributed by atoms with Gasteiger partial charge < -0.3 is 10.6 Å². The minimum Gasteiger partial charge on any atom is -0.374 e. The van der Waals surface area contributed by atoms with Gasteiger partial charge in [-0.25, -0.2) is 18.0 Å². The van der Waals surface area contributed by atoms with Crippen LogP contribution < -0.4 is 16.0 Å². The van der Waals surface area contributed by atoms with Gasteiger partial charge in [0.15, 0.2) is 17.5 Å². The number of hydrogen-bond acceptors (Lipinski definition) is 3. The van der Waals surface area contributed by atoms with Crippen LogP contribution in [0.5, 0.6) is 0 Å². The van der Waals surface area contributed by atoms with E-state index in [1.165, 1.54) is 0 Å². The molecule has 19 heavy (non-hydrogen) atoms. The van der Waals surface area contributed by atoms with Crippen LogP contribution in [0.4, 0.5) is 23.7 Å². The Labute approximate surface area is 107 Å². The van der Waals surface area contributed by atoms with Crippen LogP contribution in [0.25, 0.3) is 0 Å². The second-order valence-corrected chi connectivity index (χ2v) is 3.48. The van der Waals surface area contributed by atoms with Crippen LogP contribution in [0.3, 0.4) is 0 Å². The predicted octanol–water partition coefficient (Wildman–Crippen LogP) is 1.36. The Hall–Kier alpha value is -2.25. The lowest BCUT2D eigenvalue weighted by Crippen LogP contribution is -2.41. The van der Waals surface area contributed by atoms with Gasteiger partial charge in [0, 0.05) is 6.54 Å². The number of hydrogen-bond donors (Lipinski definition) is 3. The number of amides is 3. The second kappa shape index (κ2) is 6.62. The van der Waals surface area contributed by atoms with Crippen LogP contribution in [0.15, 0.2) is 12.1 Å². The summed E-state index contributed by atoms with van der Waals surface area (Å²) in [6.07, 6.45) is 0. The summed E-state index contributed by atoms with van der Waals surface area (Å²) in [5.74, 6) is -5.12. The molecule has 8 heteroatoms. The molecule has 3 amide bonds. The monoisotopic (exact) mass is 275 g/mol. The zero-order chi connectivity index (χ0) is 14.4. The summed E-state index contributed by atoms with van der Waals surface area (Å²) in [6, 6.07) is 0.982. The first-order valence-electron chi connectivity index (χ1n) is 5.40. The van der Waals surface area contributed by atoms with E-state index in [4.69, 9.17) is 0 Å². The number of nitrogens with one attached hydrogen (secondary N) is 3. The summed E-state index contributed by atoms with van der Waals surface area (Å²) >= 11 is 0. The SMILES string of the molecule is CCNC(=O)NC(=O)CNc1ccc(F)c(F)c1F. The lowest BCUT2D eigenvalue weighted by atomic mass is 10.3. The third-order valence-corrected chi connectivity index (χ3v) is 2.06. The van der Waals surface area contributed by atoms with E-state index in [9.17, 15) is 22.8 Å². The zero-order valence-electron chi connectivity index (χ0n) is 10.0. The summed E-state index contributed by atoms with van der Waals surface area (Å²) < 4.78 is 38.7. The van der Waals surface area contributed by atoms with Crippen LogP contribution in [0.1, 0.15) is 6.92 Å². The normalized spacial score (nSPS) is 9.89. The number of rotatable bonds is 4. The Morgan fingerprint density at radius 2 is 1.84 bits per heavy atom. The van der Waals surface area contributed by atoms with Crippen molar-refractivity contribution in [3.05, 3.63) is 29.6 Å². The van der Waals surface area contributed by atoms with Gasteiger partial charge in [0.1, 0.15) is 0 Å². The molecule has 1 rings (SSSR count). The first-order chi connectivity index (χ1) is 8.95. The molecule has 0 aliphatic heterocycles. The van der Waals surface area contributed by atoms with Crippen molar-refractivity contribution in [1.82, 2.24) is 10.6 Å². The molecule has 0 spiro atoms. The zero-order valence-corrected chi connectivity index (χ0v) is 10.0. The molecule has 5 nitrogen and oxygen atoms in total. The van der Waals surface area contributed by atoms with Gasteiger partial charge >= 0.3 is 6.03 Å². The Morgan fingerprint density at radius 1 is 1.16 bits per heavy atom. The third-order valence-electron chi connectivity index (χ3n) is 2.06. The fourth-order valence-corrected chi connectivity index (χ4v) is 1.21. The molecule has 0 atom stereocenters. The summed E-state index contributed by atoms with van der Waals surface area (Å²) in [7, 11) is 0. The standard InChI is InChI=1S/C11H12F3N3O2/c1-2-15-11(19)17-8(18)5-16-7-4-3-6(12)9(13)10(7)14/h3-4,16H,2,5H2,1H3,(H2,15,17,18,19). The van der Waals surface area contributed by atoms with E-state index in [1.807, 2.05) is 5.32 Å². The fraction of sp³-hybridized carbons (Fsp3) is 0.273. The van der Waals surface area contributed by atoms with Crippen LogP contribution in [0, 0.1) is 17.5 Å². The molecule has 3 N–H and O–H groups in total. The molecule has 0 aliphatic rings. The van der Waals surface area contributed by atoms with Crippen LogP contribution in [-0.2, 0) is 4.79 Å². The summed E-state index contributed by atoms with van der Waals surface area (Å²) in [6.45, 7) is 1.54. The van der Waals surface area contributed by atoms with Gasteiger partial charge in [0.05, 0.1) is 12.2 Å². The van der Waals surface area contributed by atoms with Crippen molar-refractivity contribution in [2.75, 3.05) is 18.4 Å². The predicted molar refractivity (Wildman–Crippen MR) is 62.0 cm³/mol. The Balaban J connectivity index is 2.56. The molecule has 0 fully saturated rings. The topological polar surface area (TPSA) is 70.2 Å². The van der Waals surface area contributed by atoms with Crippen LogP contribution >= 0.6 is 0 Å². The highest BCUT2D eigenvalue weighted by molar-refractivity contribution is 5.96. The number of carbonyl (C=O) groups excluding carboxylic acids is 2. The molecular formula is C11H12F3N3O2. The molecule has 0 saturated heterocycles. The molecule has 1 aromatic rings. The van der Waals surface area contributed by atoms with Crippen molar-refractivity contribution in [2.24, 2.45) is 0 Å². The molecule has 0 aliphatic carbocycles. The molecule has 0 aromatic heterocycles. The molecule has 1 aromatic carbocycles. The maximum atomic E-state index is 13.2. The Bertz CT molecular complexity index is 494. The largest absolute Gasteiger partial charge is 0.374 e. The minimum absolute atomic E-state index is 0.338. The molecule has 0 unspecified atom stereocenters. The maximum absolute atomic E-state index is 13.2. The molecule has 104 valence electrons. The maximum Gasteiger partial charge on any atom is 0.321 e. The average molecular weight is 275 g/mol. The highest BCUT2D eigenvalue weighted by Gasteiger charge is 2.14. The number of carbonyl (C=O) groups is 2. The van der Waals surface area contributed by atoms with Crippen LogP contribution in [0.2, 0.25) is 0 Å². The molecular weight excluding hydrogens is 263 g/mol. The van der Waals surface area contributed by atoms with E-state index in [1.54, 1.807) is 6.92 Å². The van der Waals surface area contributed by atoms with Crippen LogP contribution in [-0.4, -0.2) is 25.0 Å². The summed E-state index contributed by atoms with van der Waals surface area (Å²) in [5.41, 5.74) is -0.370. The van der Waals surface area contributed by atoms with E-state index in [0.29, 0.717) is 6.54 Å².